The number of urea groups is 1. The Bertz CT molecular complexity index is 430. The number of amides is 2. The standard InChI is InChI=1S/C14H21N3O2/c1-2-16(11-12-4-3-5-13(15)10-12)14(18)17-6-8-19-9-7-17/h3-5,10H,2,6-9,11,15H2,1H3. The van der Waals surface area contributed by atoms with Crippen molar-refractivity contribution in [2.45, 2.75) is 13.5 Å². The molecule has 1 aromatic carbocycles. The summed E-state index contributed by atoms with van der Waals surface area (Å²) in [6.07, 6.45) is 0. The van der Waals surface area contributed by atoms with Gasteiger partial charge in [-0.15, -0.1) is 0 Å². The van der Waals surface area contributed by atoms with E-state index in [4.69, 9.17) is 10.5 Å². The maximum atomic E-state index is 12.4. The number of rotatable bonds is 3. The number of hydrogen-bond acceptors (Lipinski definition) is 3. The fourth-order valence-electron chi connectivity index (χ4n) is 2.18. The molecule has 2 amide bonds. The van der Waals surface area contributed by atoms with E-state index in [-0.39, 0.29) is 6.03 Å². The Hall–Kier alpha value is -1.75. The highest BCUT2D eigenvalue weighted by Crippen LogP contribution is 2.12. The largest absolute Gasteiger partial charge is 0.399 e. The van der Waals surface area contributed by atoms with Crippen LogP contribution in [0.15, 0.2) is 24.3 Å². The first-order valence-corrected chi connectivity index (χ1v) is 6.66. The Balaban J connectivity index is 2.00. The summed E-state index contributed by atoms with van der Waals surface area (Å²) in [6, 6.07) is 7.75. The van der Waals surface area contributed by atoms with E-state index in [2.05, 4.69) is 0 Å². The topological polar surface area (TPSA) is 58.8 Å². The molecule has 1 aliphatic heterocycles. The molecule has 0 radical (unpaired) electrons. The monoisotopic (exact) mass is 263 g/mol. The Morgan fingerprint density at radius 3 is 2.79 bits per heavy atom. The van der Waals surface area contributed by atoms with Crippen LogP contribution in [0.2, 0.25) is 0 Å². The van der Waals surface area contributed by atoms with Gasteiger partial charge in [0.2, 0.25) is 0 Å². The average molecular weight is 263 g/mol. The molecule has 0 spiro atoms. The Morgan fingerprint density at radius 2 is 2.16 bits per heavy atom. The molecule has 1 aromatic rings. The Kier molecular flexibility index (Phi) is 4.63. The summed E-state index contributed by atoms with van der Waals surface area (Å²) >= 11 is 0. The molecule has 1 saturated heterocycles. The van der Waals surface area contributed by atoms with E-state index in [1.807, 2.05) is 41.0 Å². The highest BCUT2D eigenvalue weighted by atomic mass is 16.5. The van der Waals surface area contributed by atoms with E-state index < -0.39 is 0 Å². The molecule has 1 aliphatic rings. The minimum absolute atomic E-state index is 0.0771. The van der Waals surface area contributed by atoms with Gasteiger partial charge < -0.3 is 20.3 Å². The number of nitrogens with zero attached hydrogens (tertiary/aromatic N) is 2. The molecule has 0 unspecified atom stereocenters. The highest BCUT2D eigenvalue weighted by Gasteiger charge is 2.21. The maximum absolute atomic E-state index is 12.4. The summed E-state index contributed by atoms with van der Waals surface area (Å²) in [5.74, 6) is 0. The third-order valence-corrected chi connectivity index (χ3v) is 3.26. The molecule has 0 bridgehead atoms. The van der Waals surface area contributed by atoms with Gasteiger partial charge in [-0.2, -0.15) is 0 Å². The van der Waals surface area contributed by atoms with Crippen molar-refractivity contribution >= 4 is 11.7 Å². The van der Waals surface area contributed by atoms with Crippen LogP contribution in [0.3, 0.4) is 0 Å². The van der Waals surface area contributed by atoms with Crippen LogP contribution < -0.4 is 5.73 Å². The zero-order chi connectivity index (χ0) is 13.7. The van der Waals surface area contributed by atoms with Crippen molar-refractivity contribution in [3.8, 4) is 0 Å². The zero-order valence-electron chi connectivity index (χ0n) is 11.3. The van der Waals surface area contributed by atoms with Gasteiger partial charge in [-0.3, -0.25) is 0 Å². The lowest BCUT2D eigenvalue weighted by atomic mass is 10.2. The molecule has 1 fully saturated rings. The molecule has 0 aliphatic carbocycles. The van der Waals surface area contributed by atoms with Crippen LogP contribution in [0, 0.1) is 0 Å². The number of carbonyl (C=O) groups is 1. The lowest BCUT2D eigenvalue weighted by Gasteiger charge is -2.32. The van der Waals surface area contributed by atoms with Gasteiger partial charge >= 0.3 is 6.03 Å². The van der Waals surface area contributed by atoms with Crippen LogP contribution in [0.4, 0.5) is 10.5 Å². The van der Waals surface area contributed by atoms with Crippen LogP contribution in [-0.4, -0.2) is 48.7 Å². The normalized spacial score (nSPS) is 15.3. The van der Waals surface area contributed by atoms with Gasteiger partial charge in [-0.05, 0) is 24.6 Å². The van der Waals surface area contributed by atoms with Crippen molar-refractivity contribution in [3.63, 3.8) is 0 Å². The second-order valence-corrected chi connectivity index (χ2v) is 4.64. The van der Waals surface area contributed by atoms with Gasteiger partial charge in [-0.25, -0.2) is 4.79 Å². The van der Waals surface area contributed by atoms with E-state index in [1.165, 1.54) is 0 Å². The van der Waals surface area contributed by atoms with Crippen LogP contribution in [0.25, 0.3) is 0 Å². The fraction of sp³-hybridized carbons (Fsp3) is 0.500. The predicted molar refractivity (Wildman–Crippen MR) is 74.7 cm³/mol. The van der Waals surface area contributed by atoms with Crippen molar-refractivity contribution in [1.29, 1.82) is 0 Å². The average Bonchev–Trinajstić information content (AvgIpc) is 2.45. The third kappa shape index (κ3) is 3.61. The quantitative estimate of drug-likeness (QED) is 0.842. The molecular formula is C14H21N3O2. The van der Waals surface area contributed by atoms with E-state index in [1.54, 1.807) is 0 Å². The van der Waals surface area contributed by atoms with E-state index in [0.29, 0.717) is 39.4 Å². The molecule has 2 N–H and O–H groups in total. The van der Waals surface area contributed by atoms with Crippen molar-refractivity contribution in [2.24, 2.45) is 0 Å². The summed E-state index contributed by atoms with van der Waals surface area (Å²) in [5, 5.41) is 0. The minimum atomic E-state index is 0.0771. The smallest absolute Gasteiger partial charge is 0.320 e. The van der Waals surface area contributed by atoms with Crippen LogP contribution >= 0.6 is 0 Å². The number of nitrogens with two attached hydrogens (primary N) is 1. The number of carbonyl (C=O) groups excluding carboxylic acids is 1. The van der Waals surface area contributed by atoms with Gasteiger partial charge in [0.05, 0.1) is 13.2 Å². The Labute approximate surface area is 113 Å². The number of morpholine rings is 1. The van der Waals surface area contributed by atoms with Crippen molar-refractivity contribution in [1.82, 2.24) is 9.80 Å². The molecule has 0 atom stereocenters. The number of anilines is 1. The molecule has 5 nitrogen and oxygen atoms in total. The maximum Gasteiger partial charge on any atom is 0.320 e. The highest BCUT2D eigenvalue weighted by molar-refractivity contribution is 5.74. The third-order valence-electron chi connectivity index (χ3n) is 3.26. The molecule has 0 aromatic heterocycles. The molecule has 1 heterocycles. The number of nitrogen functional groups attached to an aromatic ring is 1. The van der Waals surface area contributed by atoms with Crippen LogP contribution in [0.5, 0.6) is 0 Å². The molecule has 5 heteroatoms. The number of hydrogen-bond donors (Lipinski definition) is 1. The van der Waals surface area contributed by atoms with Crippen molar-refractivity contribution < 1.29 is 9.53 Å². The second-order valence-electron chi connectivity index (χ2n) is 4.64. The van der Waals surface area contributed by atoms with E-state index >= 15 is 0 Å². The van der Waals surface area contributed by atoms with Crippen molar-refractivity contribution in [3.05, 3.63) is 29.8 Å². The summed E-state index contributed by atoms with van der Waals surface area (Å²) in [5.41, 5.74) is 7.55. The molecular weight excluding hydrogens is 242 g/mol. The van der Waals surface area contributed by atoms with Gasteiger partial charge in [0.15, 0.2) is 0 Å². The van der Waals surface area contributed by atoms with Crippen molar-refractivity contribution in [2.75, 3.05) is 38.6 Å². The lowest BCUT2D eigenvalue weighted by molar-refractivity contribution is 0.0431. The van der Waals surface area contributed by atoms with E-state index in [9.17, 15) is 4.79 Å². The summed E-state index contributed by atoms with van der Waals surface area (Å²) in [6.45, 7) is 5.87. The fourth-order valence-corrected chi connectivity index (χ4v) is 2.18. The first-order valence-electron chi connectivity index (χ1n) is 6.66. The van der Waals surface area contributed by atoms with Crippen LogP contribution in [-0.2, 0) is 11.3 Å². The van der Waals surface area contributed by atoms with Gasteiger partial charge in [-0.1, -0.05) is 12.1 Å². The number of benzene rings is 1. The second kappa shape index (κ2) is 6.43. The van der Waals surface area contributed by atoms with Gasteiger partial charge in [0.25, 0.3) is 0 Å². The number of ether oxygens (including phenoxy) is 1. The van der Waals surface area contributed by atoms with Gasteiger partial charge in [0, 0.05) is 31.9 Å². The first kappa shape index (κ1) is 13.7. The molecule has 104 valence electrons. The molecule has 0 saturated carbocycles. The Morgan fingerprint density at radius 1 is 1.42 bits per heavy atom. The molecule has 2 rings (SSSR count). The summed E-state index contributed by atoms with van der Waals surface area (Å²) in [4.78, 5) is 16.1. The summed E-state index contributed by atoms with van der Waals surface area (Å²) < 4.78 is 5.27. The predicted octanol–water partition coefficient (Wildman–Crippen LogP) is 1.54. The summed E-state index contributed by atoms with van der Waals surface area (Å²) in [7, 11) is 0. The minimum Gasteiger partial charge on any atom is -0.399 e. The zero-order valence-corrected chi connectivity index (χ0v) is 11.3. The SMILES string of the molecule is CCN(Cc1cccc(N)c1)C(=O)N1CCOCC1. The van der Waals surface area contributed by atoms with Gasteiger partial charge in [0.1, 0.15) is 0 Å². The van der Waals surface area contributed by atoms with E-state index in [0.717, 1.165) is 11.3 Å². The van der Waals surface area contributed by atoms with Crippen LogP contribution in [0.1, 0.15) is 12.5 Å². The lowest BCUT2D eigenvalue weighted by Crippen LogP contribution is -2.47. The molecule has 19 heavy (non-hydrogen) atoms. The first-order chi connectivity index (χ1) is 9.20.